The van der Waals surface area contributed by atoms with E-state index in [0.29, 0.717) is 26.1 Å². The number of hydrogen-bond donors (Lipinski definition) is 2. The summed E-state index contributed by atoms with van der Waals surface area (Å²) >= 11 is 0. The molecule has 1 heterocycles. The van der Waals surface area contributed by atoms with Crippen molar-refractivity contribution in [2.75, 3.05) is 13.1 Å². The van der Waals surface area contributed by atoms with Crippen molar-refractivity contribution in [3.8, 4) is 0 Å². The van der Waals surface area contributed by atoms with Crippen molar-refractivity contribution in [3.05, 3.63) is 29.1 Å². The van der Waals surface area contributed by atoms with E-state index in [-0.39, 0.29) is 5.91 Å². The van der Waals surface area contributed by atoms with Crippen LogP contribution >= 0.6 is 0 Å². The van der Waals surface area contributed by atoms with Crippen LogP contribution in [0.25, 0.3) is 11.0 Å². The van der Waals surface area contributed by atoms with Crippen molar-refractivity contribution in [2.45, 2.75) is 33.7 Å². The standard InChI is InChI=1S/C15H22N4O/c1-10-8-13-14(9-11(10)2)19(12(3)18-13)7-4-15(20)17-6-5-16/h8-9H,4-7,16H2,1-3H3,(H,17,20). The molecule has 20 heavy (non-hydrogen) atoms. The Labute approximate surface area is 119 Å². The van der Waals surface area contributed by atoms with E-state index in [1.165, 1.54) is 11.1 Å². The number of aromatic nitrogens is 2. The Balaban J connectivity index is 2.19. The highest BCUT2D eigenvalue weighted by atomic mass is 16.1. The monoisotopic (exact) mass is 274 g/mol. The number of amides is 1. The molecule has 0 aliphatic heterocycles. The second kappa shape index (κ2) is 6.05. The van der Waals surface area contributed by atoms with Crippen LogP contribution in [0.1, 0.15) is 23.4 Å². The lowest BCUT2D eigenvalue weighted by Crippen LogP contribution is -2.29. The summed E-state index contributed by atoms with van der Waals surface area (Å²) in [6.07, 6.45) is 0.444. The van der Waals surface area contributed by atoms with E-state index in [4.69, 9.17) is 5.73 Å². The smallest absolute Gasteiger partial charge is 0.221 e. The summed E-state index contributed by atoms with van der Waals surface area (Å²) in [4.78, 5) is 16.2. The summed E-state index contributed by atoms with van der Waals surface area (Å²) in [5.41, 5.74) is 9.94. The molecule has 0 saturated carbocycles. The zero-order valence-electron chi connectivity index (χ0n) is 12.4. The summed E-state index contributed by atoms with van der Waals surface area (Å²) in [7, 11) is 0. The molecule has 3 N–H and O–H groups in total. The maximum Gasteiger partial charge on any atom is 0.221 e. The lowest BCUT2D eigenvalue weighted by Gasteiger charge is -2.08. The van der Waals surface area contributed by atoms with E-state index in [2.05, 4.69) is 40.8 Å². The maximum atomic E-state index is 11.7. The largest absolute Gasteiger partial charge is 0.355 e. The van der Waals surface area contributed by atoms with Gasteiger partial charge in [0.25, 0.3) is 0 Å². The quantitative estimate of drug-likeness (QED) is 0.866. The van der Waals surface area contributed by atoms with E-state index < -0.39 is 0 Å². The zero-order valence-corrected chi connectivity index (χ0v) is 12.4. The van der Waals surface area contributed by atoms with Gasteiger partial charge >= 0.3 is 0 Å². The highest BCUT2D eigenvalue weighted by Gasteiger charge is 2.10. The normalized spacial score (nSPS) is 11.0. The molecule has 0 atom stereocenters. The van der Waals surface area contributed by atoms with Crippen molar-refractivity contribution in [1.29, 1.82) is 0 Å². The summed E-state index contributed by atoms with van der Waals surface area (Å²) in [6, 6.07) is 4.24. The number of carbonyl (C=O) groups is 1. The summed E-state index contributed by atoms with van der Waals surface area (Å²) in [5, 5.41) is 2.79. The fourth-order valence-corrected chi connectivity index (χ4v) is 2.30. The number of benzene rings is 1. The first-order valence-electron chi connectivity index (χ1n) is 6.93. The molecule has 0 fully saturated rings. The molecule has 108 valence electrons. The summed E-state index contributed by atoms with van der Waals surface area (Å²) in [6.45, 7) is 7.79. The first-order chi connectivity index (χ1) is 9.52. The average molecular weight is 274 g/mol. The van der Waals surface area contributed by atoms with Gasteiger partial charge in [0.2, 0.25) is 5.91 Å². The van der Waals surface area contributed by atoms with Crippen LogP contribution in [0.4, 0.5) is 0 Å². The molecule has 0 aliphatic rings. The van der Waals surface area contributed by atoms with Gasteiger partial charge in [-0.1, -0.05) is 0 Å². The van der Waals surface area contributed by atoms with Gasteiger partial charge in [0.1, 0.15) is 5.82 Å². The average Bonchev–Trinajstić information content (AvgIpc) is 2.70. The van der Waals surface area contributed by atoms with E-state index in [9.17, 15) is 4.79 Å². The topological polar surface area (TPSA) is 72.9 Å². The Morgan fingerprint density at radius 1 is 1.30 bits per heavy atom. The van der Waals surface area contributed by atoms with Crippen LogP contribution in [-0.2, 0) is 11.3 Å². The first kappa shape index (κ1) is 14.5. The lowest BCUT2D eigenvalue weighted by molar-refractivity contribution is -0.121. The van der Waals surface area contributed by atoms with E-state index in [0.717, 1.165) is 16.9 Å². The van der Waals surface area contributed by atoms with Gasteiger partial charge in [-0.15, -0.1) is 0 Å². The molecule has 1 aromatic carbocycles. The van der Waals surface area contributed by atoms with Gasteiger partial charge in [-0.2, -0.15) is 0 Å². The minimum absolute atomic E-state index is 0.0283. The van der Waals surface area contributed by atoms with Crippen molar-refractivity contribution in [3.63, 3.8) is 0 Å². The molecule has 0 saturated heterocycles. The number of nitrogens with two attached hydrogens (primary N) is 1. The van der Waals surface area contributed by atoms with Crippen molar-refractivity contribution >= 4 is 16.9 Å². The van der Waals surface area contributed by atoms with E-state index >= 15 is 0 Å². The minimum atomic E-state index is 0.0283. The predicted octanol–water partition coefficient (Wildman–Crippen LogP) is 1.43. The third kappa shape index (κ3) is 2.99. The van der Waals surface area contributed by atoms with Crippen LogP contribution in [0.3, 0.4) is 0 Å². The highest BCUT2D eigenvalue weighted by molar-refractivity contribution is 5.79. The number of carbonyl (C=O) groups excluding carboxylic acids is 1. The number of aryl methyl sites for hydroxylation is 4. The van der Waals surface area contributed by atoms with Crippen LogP contribution in [-0.4, -0.2) is 28.5 Å². The van der Waals surface area contributed by atoms with Gasteiger partial charge < -0.3 is 15.6 Å². The fraction of sp³-hybridized carbons (Fsp3) is 0.467. The van der Waals surface area contributed by atoms with Crippen LogP contribution in [0.15, 0.2) is 12.1 Å². The Morgan fingerprint density at radius 3 is 2.70 bits per heavy atom. The molecular formula is C15H22N4O. The van der Waals surface area contributed by atoms with Crippen LogP contribution in [0.5, 0.6) is 0 Å². The second-order valence-electron chi connectivity index (χ2n) is 5.12. The van der Waals surface area contributed by atoms with Gasteiger partial charge in [-0.05, 0) is 44.0 Å². The lowest BCUT2D eigenvalue weighted by atomic mass is 10.1. The van der Waals surface area contributed by atoms with Crippen LogP contribution in [0, 0.1) is 20.8 Å². The molecule has 0 aliphatic carbocycles. The summed E-state index contributed by atoms with van der Waals surface area (Å²) < 4.78 is 2.10. The van der Waals surface area contributed by atoms with Crippen molar-refractivity contribution in [1.82, 2.24) is 14.9 Å². The van der Waals surface area contributed by atoms with Crippen molar-refractivity contribution < 1.29 is 4.79 Å². The predicted molar refractivity (Wildman–Crippen MR) is 80.6 cm³/mol. The number of nitrogens with zero attached hydrogens (tertiary/aromatic N) is 2. The van der Waals surface area contributed by atoms with Crippen molar-refractivity contribution in [2.24, 2.45) is 5.73 Å². The highest BCUT2D eigenvalue weighted by Crippen LogP contribution is 2.20. The Morgan fingerprint density at radius 2 is 2.00 bits per heavy atom. The molecule has 5 nitrogen and oxygen atoms in total. The third-order valence-electron chi connectivity index (χ3n) is 3.58. The molecular weight excluding hydrogens is 252 g/mol. The molecule has 2 rings (SSSR count). The Kier molecular flexibility index (Phi) is 4.39. The van der Waals surface area contributed by atoms with Crippen LogP contribution < -0.4 is 11.1 Å². The number of fused-ring (bicyclic) bond motifs is 1. The molecule has 1 amide bonds. The van der Waals surface area contributed by atoms with Gasteiger partial charge in [-0.3, -0.25) is 4.79 Å². The van der Waals surface area contributed by atoms with Gasteiger partial charge in [0.15, 0.2) is 0 Å². The van der Waals surface area contributed by atoms with E-state index in [1.807, 2.05) is 6.92 Å². The van der Waals surface area contributed by atoms with Gasteiger partial charge in [-0.25, -0.2) is 4.98 Å². The molecule has 0 bridgehead atoms. The molecule has 1 aromatic heterocycles. The maximum absolute atomic E-state index is 11.7. The second-order valence-corrected chi connectivity index (χ2v) is 5.12. The number of hydrogen-bond acceptors (Lipinski definition) is 3. The summed E-state index contributed by atoms with van der Waals surface area (Å²) in [5.74, 6) is 0.970. The first-order valence-corrected chi connectivity index (χ1v) is 6.93. The number of imidazole rings is 1. The zero-order chi connectivity index (χ0) is 14.7. The number of rotatable bonds is 5. The SMILES string of the molecule is Cc1cc2nc(C)n(CCC(=O)NCCN)c2cc1C. The molecule has 0 unspecified atom stereocenters. The van der Waals surface area contributed by atoms with Crippen LogP contribution in [0.2, 0.25) is 0 Å². The number of nitrogens with one attached hydrogen (secondary N) is 1. The molecule has 0 radical (unpaired) electrons. The Bertz CT molecular complexity index is 630. The minimum Gasteiger partial charge on any atom is -0.355 e. The van der Waals surface area contributed by atoms with E-state index in [1.54, 1.807) is 0 Å². The molecule has 0 spiro atoms. The molecule has 5 heteroatoms. The van der Waals surface area contributed by atoms with Gasteiger partial charge in [0, 0.05) is 26.1 Å². The third-order valence-corrected chi connectivity index (χ3v) is 3.58. The fourth-order valence-electron chi connectivity index (χ4n) is 2.30. The Hall–Kier alpha value is -1.88. The van der Waals surface area contributed by atoms with Gasteiger partial charge in [0.05, 0.1) is 11.0 Å². The molecule has 2 aromatic rings.